The zero-order valence-corrected chi connectivity index (χ0v) is 9.74. The van der Waals surface area contributed by atoms with Crippen LogP contribution in [0.1, 0.15) is 68.4 Å². The maximum Gasteiger partial charge on any atom is 0.153 e. The molecule has 0 spiro atoms. The molecule has 0 bridgehead atoms. The van der Waals surface area contributed by atoms with Crippen molar-refractivity contribution in [2.24, 2.45) is 0 Å². The van der Waals surface area contributed by atoms with Crippen LogP contribution >= 0.6 is 0 Å². The summed E-state index contributed by atoms with van der Waals surface area (Å²) in [6.07, 6.45) is 9.14. The second-order valence-electron chi connectivity index (χ2n) is 5.14. The van der Waals surface area contributed by atoms with Gasteiger partial charge in [0.25, 0.3) is 0 Å². The van der Waals surface area contributed by atoms with Gasteiger partial charge in [0.2, 0.25) is 0 Å². The van der Waals surface area contributed by atoms with Crippen LogP contribution in [0.25, 0.3) is 0 Å². The molecule has 1 saturated carbocycles. The predicted molar refractivity (Wildman–Crippen MR) is 62.3 cm³/mol. The van der Waals surface area contributed by atoms with Gasteiger partial charge in [-0.05, 0) is 32.2 Å². The highest BCUT2D eigenvalue weighted by atomic mass is 16.5. The molecule has 3 nitrogen and oxygen atoms in total. The Morgan fingerprint density at radius 3 is 2.75 bits per heavy atom. The first-order valence-electron chi connectivity index (χ1n) is 6.63. The van der Waals surface area contributed by atoms with Gasteiger partial charge in [-0.25, -0.2) is 0 Å². The number of hydrogen-bond acceptors (Lipinski definition) is 3. The van der Waals surface area contributed by atoms with Crippen molar-refractivity contribution in [3.8, 4) is 0 Å². The molecule has 1 unspecified atom stereocenters. The van der Waals surface area contributed by atoms with Crippen LogP contribution in [0.15, 0.2) is 10.6 Å². The fourth-order valence-electron chi connectivity index (χ4n) is 2.99. The van der Waals surface area contributed by atoms with Crippen molar-refractivity contribution in [1.29, 1.82) is 0 Å². The molecular weight excluding hydrogens is 200 g/mol. The van der Waals surface area contributed by atoms with Gasteiger partial charge >= 0.3 is 0 Å². The summed E-state index contributed by atoms with van der Waals surface area (Å²) in [4.78, 5) is 0. The van der Waals surface area contributed by atoms with Crippen molar-refractivity contribution in [3.05, 3.63) is 17.5 Å². The molecule has 0 radical (unpaired) electrons. The van der Waals surface area contributed by atoms with Crippen LogP contribution in [-0.2, 0) is 0 Å². The van der Waals surface area contributed by atoms with Crippen molar-refractivity contribution in [2.75, 3.05) is 6.54 Å². The number of nitrogens with zero attached hydrogens (tertiary/aromatic N) is 1. The highest BCUT2D eigenvalue weighted by Crippen LogP contribution is 2.33. The molecule has 1 aromatic rings. The largest absolute Gasteiger partial charge is 0.359 e. The Labute approximate surface area is 96.6 Å². The van der Waals surface area contributed by atoms with E-state index in [0.717, 1.165) is 12.3 Å². The molecule has 0 aromatic carbocycles. The molecule has 0 amide bonds. The average molecular weight is 220 g/mol. The van der Waals surface area contributed by atoms with Gasteiger partial charge in [0.05, 0.1) is 11.7 Å². The molecule has 3 heteroatoms. The van der Waals surface area contributed by atoms with E-state index in [-0.39, 0.29) is 0 Å². The van der Waals surface area contributed by atoms with E-state index in [1.807, 2.05) is 0 Å². The zero-order valence-electron chi connectivity index (χ0n) is 9.74. The molecule has 1 aliphatic carbocycles. The van der Waals surface area contributed by atoms with Crippen LogP contribution < -0.4 is 5.32 Å². The molecule has 16 heavy (non-hydrogen) atoms. The van der Waals surface area contributed by atoms with Gasteiger partial charge in [-0.2, -0.15) is 0 Å². The highest BCUT2D eigenvalue weighted by molar-refractivity contribution is 5.14. The molecule has 1 aliphatic heterocycles. The first kappa shape index (κ1) is 10.3. The van der Waals surface area contributed by atoms with E-state index in [1.165, 1.54) is 50.6 Å². The minimum atomic E-state index is 0.421. The summed E-state index contributed by atoms with van der Waals surface area (Å²) < 4.78 is 5.49. The lowest BCUT2D eigenvalue weighted by atomic mass is 9.87. The first-order valence-corrected chi connectivity index (χ1v) is 6.63. The third-order valence-electron chi connectivity index (χ3n) is 3.97. The lowest BCUT2D eigenvalue weighted by Crippen LogP contribution is -2.11. The lowest BCUT2D eigenvalue weighted by Gasteiger charge is -2.18. The summed E-state index contributed by atoms with van der Waals surface area (Å²) in [5, 5.41) is 7.72. The van der Waals surface area contributed by atoms with Crippen molar-refractivity contribution in [3.63, 3.8) is 0 Å². The number of nitrogens with one attached hydrogen (secondary N) is 1. The minimum Gasteiger partial charge on any atom is -0.359 e. The Balaban J connectivity index is 1.71. The third kappa shape index (κ3) is 2.01. The topological polar surface area (TPSA) is 38.1 Å². The van der Waals surface area contributed by atoms with Crippen molar-refractivity contribution < 1.29 is 4.52 Å². The van der Waals surface area contributed by atoms with Crippen LogP contribution in [0.3, 0.4) is 0 Å². The average Bonchev–Trinajstić information content (AvgIpc) is 3.01. The Kier molecular flexibility index (Phi) is 2.96. The molecule has 1 atom stereocenters. The smallest absolute Gasteiger partial charge is 0.153 e. The summed E-state index contributed by atoms with van der Waals surface area (Å²) >= 11 is 0. The van der Waals surface area contributed by atoms with Gasteiger partial charge in [0, 0.05) is 12.0 Å². The van der Waals surface area contributed by atoms with Crippen LogP contribution in [0.2, 0.25) is 0 Å². The van der Waals surface area contributed by atoms with E-state index in [2.05, 4.69) is 16.5 Å². The van der Waals surface area contributed by atoms with E-state index in [9.17, 15) is 0 Å². The minimum absolute atomic E-state index is 0.421. The molecule has 2 aliphatic rings. The summed E-state index contributed by atoms with van der Waals surface area (Å²) in [5.74, 6) is 1.71. The van der Waals surface area contributed by atoms with Crippen LogP contribution in [-0.4, -0.2) is 11.7 Å². The maximum atomic E-state index is 5.49. The van der Waals surface area contributed by atoms with Gasteiger partial charge in [0.1, 0.15) is 0 Å². The monoisotopic (exact) mass is 220 g/mol. The normalized spacial score (nSPS) is 27.4. The molecule has 1 aromatic heterocycles. The summed E-state index contributed by atoms with van der Waals surface area (Å²) in [6, 6.07) is 2.61. The van der Waals surface area contributed by atoms with Gasteiger partial charge < -0.3 is 9.84 Å². The quantitative estimate of drug-likeness (QED) is 0.832. The van der Waals surface area contributed by atoms with Gasteiger partial charge in [-0.1, -0.05) is 24.4 Å². The van der Waals surface area contributed by atoms with Crippen LogP contribution in [0.4, 0.5) is 0 Å². The summed E-state index contributed by atoms with van der Waals surface area (Å²) in [5.41, 5.74) is 1.20. The fraction of sp³-hybridized carbons (Fsp3) is 0.769. The summed E-state index contributed by atoms with van der Waals surface area (Å²) in [7, 11) is 0. The van der Waals surface area contributed by atoms with E-state index >= 15 is 0 Å². The lowest BCUT2D eigenvalue weighted by molar-refractivity contribution is 0.336. The van der Waals surface area contributed by atoms with Crippen molar-refractivity contribution in [2.45, 2.75) is 56.9 Å². The van der Waals surface area contributed by atoms with Gasteiger partial charge in [-0.3, -0.25) is 0 Å². The molecule has 2 fully saturated rings. The Hall–Kier alpha value is -0.830. The highest BCUT2D eigenvalue weighted by Gasteiger charge is 2.24. The number of hydrogen-bond donors (Lipinski definition) is 1. The zero-order chi connectivity index (χ0) is 10.8. The van der Waals surface area contributed by atoms with Gasteiger partial charge in [-0.15, -0.1) is 0 Å². The Morgan fingerprint density at radius 2 is 2.00 bits per heavy atom. The second kappa shape index (κ2) is 4.58. The molecule has 1 saturated heterocycles. The number of rotatable bonds is 2. The van der Waals surface area contributed by atoms with E-state index in [4.69, 9.17) is 4.52 Å². The van der Waals surface area contributed by atoms with Crippen LogP contribution in [0, 0.1) is 0 Å². The Morgan fingerprint density at radius 1 is 1.12 bits per heavy atom. The standard InChI is InChI=1S/C13H20N2O/c1-2-5-10(6-3-1)12-9-13(16-15-12)11-7-4-8-14-11/h9-11,14H,1-8H2. The third-order valence-corrected chi connectivity index (χ3v) is 3.97. The molecular formula is C13H20N2O. The Bertz CT molecular complexity index is 335. The fourth-order valence-corrected chi connectivity index (χ4v) is 2.99. The molecule has 88 valence electrons. The van der Waals surface area contributed by atoms with Gasteiger partial charge in [0.15, 0.2) is 5.76 Å². The summed E-state index contributed by atoms with van der Waals surface area (Å²) in [6.45, 7) is 1.12. The molecule has 3 rings (SSSR count). The second-order valence-corrected chi connectivity index (χ2v) is 5.14. The van der Waals surface area contributed by atoms with E-state index in [1.54, 1.807) is 0 Å². The first-order chi connectivity index (χ1) is 7.93. The van der Waals surface area contributed by atoms with Crippen molar-refractivity contribution >= 4 is 0 Å². The van der Waals surface area contributed by atoms with Crippen molar-refractivity contribution in [1.82, 2.24) is 10.5 Å². The molecule has 2 heterocycles. The van der Waals surface area contributed by atoms with E-state index < -0.39 is 0 Å². The SMILES string of the molecule is c1c(C2CCCCC2)noc1C1CCCN1. The predicted octanol–water partition coefficient (Wildman–Crippen LogP) is 3.15. The number of aromatic nitrogens is 1. The van der Waals surface area contributed by atoms with E-state index in [0.29, 0.717) is 12.0 Å². The maximum absolute atomic E-state index is 5.49. The molecule has 1 N–H and O–H groups in total. The van der Waals surface area contributed by atoms with Crippen LogP contribution in [0.5, 0.6) is 0 Å².